The summed E-state index contributed by atoms with van der Waals surface area (Å²) in [7, 11) is 1.61. The second kappa shape index (κ2) is 11.3. The van der Waals surface area contributed by atoms with E-state index in [1.165, 1.54) is 11.3 Å². The van der Waals surface area contributed by atoms with Gasteiger partial charge < -0.3 is 14.8 Å². The van der Waals surface area contributed by atoms with Crippen LogP contribution in [0.15, 0.2) is 77.3 Å². The summed E-state index contributed by atoms with van der Waals surface area (Å²) in [4.78, 5) is 19.5. The number of nitriles is 1. The van der Waals surface area contributed by atoms with Gasteiger partial charge in [-0.15, -0.1) is 11.3 Å². The SMILES string of the molecule is CCOc1ccc(-c2cc(C(=O)Nc3sc(C)c(-c4ccc(OC)cc4)c3C#N)c3cc(Br)ccc3n2)cc1. The quantitative estimate of drug-likeness (QED) is 0.204. The van der Waals surface area contributed by atoms with Gasteiger partial charge in [0.15, 0.2) is 0 Å². The Morgan fingerprint density at radius 1 is 1.03 bits per heavy atom. The Morgan fingerprint density at radius 2 is 1.72 bits per heavy atom. The zero-order valence-electron chi connectivity index (χ0n) is 21.5. The molecule has 3 aromatic carbocycles. The summed E-state index contributed by atoms with van der Waals surface area (Å²) < 4.78 is 11.7. The molecule has 2 aromatic heterocycles. The number of carbonyl (C=O) groups excluding carboxylic acids is 1. The molecule has 2 heterocycles. The molecule has 0 atom stereocenters. The maximum Gasteiger partial charge on any atom is 0.257 e. The minimum atomic E-state index is -0.313. The zero-order valence-corrected chi connectivity index (χ0v) is 23.9. The number of benzene rings is 3. The number of nitrogens with zero attached hydrogens (tertiary/aromatic N) is 2. The van der Waals surface area contributed by atoms with E-state index in [9.17, 15) is 10.1 Å². The zero-order chi connectivity index (χ0) is 27.5. The van der Waals surface area contributed by atoms with E-state index in [-0.39, 0.29) is 5.91 Å². The third kappa shape index (κ3) is 5.37. The highest BCUT2D eigenvalue weighted by atomic mass is 79.9. The molecule has 5 aromatic rings. The molecule has 1 N–H and O–H groups in total. The number of ether oxygens (including phenoxy) is 2. The Labute approximate surface area is 239 Å². The summed E-state index contributed by atoms with van der Waals surface area (Å²) in [5.74, 6) is 1.19. The van der Waals surface area contributed by atoms with Crippen LogP contribution in [0.2, 0.25) is 0 Å². The normalized spacial score (nSPS) is 10.7. The molecule has 0 saturated heterocycles. The fourth-order valence-electron chi connectivity index (χ4n) is 4.44. The molecule has 5 rings (SSSR count). The van der Waals surface area contributed by atoms with Gasteiger partial charge in [0, 0.05) is 25.9 Å². The predicted molar refractivity (Wildman–Crippen MR) is 160 cm³/mol. The van der Waals surface area contributed by atoms with Gasteiger partial charge in [-0.25, -0.2) is 4.98 Å². The van der Waals surface area contributed by atoms with Gasteiger partial charge in [0.1, 0.15) is 22.6 Å². The first-order valence-corrected chi connectivity index (χ1v) is 13.9. The number of methoxy groups -OCH3 is 1. The number of hydrogen-bond donors (Lipinski definition) is 1. The average molecular weight is 599 g/mol. The van der Waals surface area contributed by atoms with Crippen LogP contribution in [0.5, 0.6) is 11.5 Å². The fourth-order valence-corrected chi connectivity index (χ4v) is 5.82. The van der Waals surface area contributed by atoms with Gasteiger partial charge in [-0.2, -0.15) is 5.26 Å². The number of fused-ring (bicyclic) bond motifs is 1. The lowest BCUT2D eigenvalue weighted by Gasteiger charge is -2.11. The molecule has 0 unspecified atom stereocenters. The molecule has 39 heavy (non-hydrogen) atoms. The minimum absolute atomic E-state index is 0.313. The van der Waals surface area contributed by atoms with Crippen LogP contribution in [0, 0.1) is 18.3 Å². The molecule has 0 aliphatic carbocycles. The van der Waals surface area contributed by atoms with Crippen molar-refractivity contribution in [3.63, 3.8) is 0 Å². The van der Waals surface area contributed by atoms with E-state index < -0.39 is 0 Å². The van der Waals surface area contributed by atoms with Gasteiger partial charge in [0.25, 0.3) is 5.91 Å². The van der Waals surface area contributed by atoms with Crippen molar-refractivity contribution in [2.45, 2.75) is 13.8 Å². The Balaban J connectivity index is 1.55. The number of pyridine rings is 1. The van der Waals surface area contributed by atoms with Crippen LogP contribution in [-0.4, -0.2) is 24.6 Å². The lowest BCUT2D eigenvalue weighted by Crippen LogP contribution is -2.13. The van der Waals surface area contributed by atoms with Crippen LogP contribution in [0.1, 0.15) is 27.7 Å². The fraction of sp³-hybridized carbons (Fsp3) is 0.129. The average Bonchev–Trinajstić information content (AvgIpc) is 3.27. The number of carbonyl (C=O) groups is 1. The summed E-state index contributed by atoms with van der Waals surface area (Å²) in [6.07, 6.45) is 0. The van der Waals surface area contributed by atoms with Crippen molar-refractivity contribution in [3.05, 3.63) is 93.3 Å². The molecule has 0 spiro atoms. The summed E-state index contributed by atoms with van der Waals surface area (Å²) in [5.41, 5.74) is 4.81. The summed E-state index contributed by atoms with van der Waals surface area (Å²) >= 11 is 4.90. The molecule has 8 heteroatoms. The lowest BCUT2D eigenvalue weighted by molar-refractivity contribution is 0.102. The monoisotopic (exact) mass is 597 g/mol. The number of thiophene rings is 1. The highest BCUT2D eigenvalue weighted by Gasteiger charge is 2.21. The van der Waals surface area contributed by atoms with Crippen molar-refractivity contribution in [2.24, 2.45) is 0 Å². The molecule has 1 amide bonds. The molecule has 0 bridgehead atoms. The molecular formula is C31H24BrN3O3S. The first kappa shape index (κ1) is 26.4. The van der Waals surface area contributed by atoms with Crippen LogP contribution in [0.25, 0.3) is 33.3 Å². The first-order valence-electron chi connectivity index (χ1n) is 12.2. The Kier molecular flexibility index (Phi) is 7.64. The van der Waals surface area contributed by atoms with E-state index in [0.29, 0.717) is 39.3 Å². The Hall–Kier alpha value is -4.19. The standard InChI is InChI=1S/C31H24BrN3O3S/c1-4-38-23-12-5-19(6-13-23)28-16-25(24-15-21(32)9-14-27(24)34-28)30(36)35-31-26(17-33)29(18(2)39-31)20-7-10-22(37-3)11-8-20/h5-16H,4H2,1-3H3,(H,35,36). The van der Waals surface area contributed by atoms with E-state index in [2.05, 4.69) is 27.3 Å². The highest BCUT2D eigenvalue weighted by molar-refractivity contribution is 9.10. The van der Waals surface area contributed by atoms with Crippen LogP contribution in [0.4, 0.5) is 5.00 Å². The van der Waals surface area contributed by atoms with E-state index in [1.54, 1.807) is 13.2 Å². The smallest absolute Gasteiger partial charge is 0.257 e. The first-order chi connectivity index (χ1) is 18.9. The number of aromatic nitrogens is 1. The molecular weight excluding hydrogens is 574 g/mol. The molecule has 0 aliphatic heterocycles. The topological polar surface area (TPSA) is 84.2 Å². The number of rotatable bonds is 7. The molecule has 0 aliphatic rings. The van der Waals surface area contributed by atoms with Crippen LogP contribution >= 0.6 is 27.3 Å². The summed E-state index contributed by atoms with van der Waals surface area (Å²) in [6.45, 7) is 4.47. The van der Waals surface area contributed by atoms with Crippen molar-refractivity contribution >= 4 is 49.1 Å². The third-order valence-electron chi connectivity index (χ3n) is 6.28. The number of anilines is 1. The van der Waals surface area contributed by atoms with Crippen LogP contribution < -0.4 is 14.8 Å². The van der Waals surface area contributed by atoms with Crippen LogP contribution in [0.3, 0.4) is 0 Å². The van der Waals surface area contributed by atoms with Gasteiger partial charge >= 0.3 is 0 Å². The molecule has 0 saturated carbocycles. The van der Waals surface area contributed by atoms with Gasteiger partial charge in [0.2, 0.25) is 0 Å². The highest BCUT2D eigenvalue weighted by Crippen LogP contribution is 2.40. The lowest BCUT2D eigenvalue weighted by atomic mass is 10.0. The van der Waals surface area contributed by atoms with Crippen molar-refractivity contribution in [3.8, 4) is 40.0 Å². The number of aryl methyl sites for hydroxylation is 1. The number of hydrogen-bond acceptors (Lipinski definition) is 6. The molecule has 6 nitrogen and oxygen atoms in total. The number of halogens is 1. The third-order valence-corrected chi connectivity index (χ3v) is 7.79. The van der Waals surface area contributed by atoms with Gasteiger partial charge in [-0.1, -0.05) is 28.1 Å². The summed E-state index contributed by atoms with van der Waals surface area (Å²) in [5, 5.41) is 14.3. The van der Waals surface area contributed by atoms with Gasteiger partial charge in [-0.05, 0) is 80.1 Å². The van der Waals surface area contributed by atoms with Gasteiger partial charge in [-0.3, -0.25) is 4.79 Å². The molecule has 194 valence electrons. The van der Waals surface area contributed by atoms with Crippen molar-refractivity contribution < 1.29 is 14.3 Å². The number of nitrogens with one attached hydrogen (secondary N) is 1. The predicted octanol–water partition coefficient (Wildman–Crippen LogP) is 8.23. The van der Waals surface area contributed by atoms with E-state index in [1.807, 2.05) is 80.6 Å². The van der Waals surface area contributed by atoms with Crippen molar-refractivity contribution in [1.82, 2.24) is 4.98 Å². The maximum absolute atomic E-state index is 13.8. The van der Waals surface area contributed by atoms with Crippen molar-refractivity contribution in [1.29, 1.82) is 5.26 Å². The maximum atomic E-state index is 13.8. The van der Waals surface area contributed by atoms with E-state index in [4.69, 9.17) is 14.5 Å². The summed E-state index contributed by atoms with van der Waals surface area (Å²) in [6, 6.07) is 24.9. The van der Waals surface area contributed by atoms with E-state index >= 15 is 0 Å². The Morgan fingerprint density at radius 3 is 2.38 bits per heavy atom. The van der Waals surface area contributed by atoms with Crippen LogP contribution in [-0.2, 0) is 0 Å². The largest absolute Gasteiger partial charge is 0.497 e. The second-order valence-corrected chi connectivity index (χ2v) is 10.8. The van der Waals surface area contributed by atoms with Crippen molar-refractivity contribution in [2.75, 3.05) is 19.0 Å². The molecule has 0 fully saturated rings. The van der Waals surface area contributed by atoms with Gasteiger partial charge in [0.05, 0.1) is 36.1 Å². The second-order valence-electron chi connectivity index (χ2n) is 8.71. The Bertz CT molecular complexity index is 1720. The minimum Gasteiger partial charge on any atom is -0.497 e. The molecule has 0 radical (unpaired) electrons. The number of amides is 1. The van der Waals surface area contributed by atoms with E-state index in [0.717, 1.165) is 37.5 Å².